The molecule has 3 rings (SSSR count). The topological polar surface area (TPSA) is 63.0 Å². The van der Waals surface area contributed by atoms with Crippen molar-refractivity contribution < 1.29 is 4.40 Å². The van der Waals surface area contributed by atoms with Crippen molar-refractivity contribution in [2.45, 2.75) is 0 Å². The highest BCUT2D eigenvalue weighted by atomic mass is 79.9. The molecule has 0 spiro atoms. The number of hydrogen-bond donors (Lipinski definition) is 2. The molecule has 0 fully saturated rings. The second kappa shape index (κ2) is 4.07. The molecule has 2 heterocycles. The van der Waals surface area contributed by atoms with E-state index in [9.17, 15) is 4.79 Å². The van der Waals surface area contributed by atoms with Crippen LogP contribution in [0.15, 0.2) is 44.2 Å². The number of H-pyrrole nitrogens is 1. The van der Waals surface area contributed by atoms with E-state index in [1.807, 2.05) is 22.7 Å². The van der Waals surface area contributed by atoms with E-state index in [4.69, 9.17) is 5.73 Å². The maximum Gasteiger partial charge on any atom is 0.321 e. The molecule has 2 aromatic heterocycles. The van der Waals surface area contributed by atoms with E-state index < -0.39 is 0 Å². The Morgan fingerprint density at radius 3 is 2.83 bits per heavy atom. The lowest BCUT2D eigenvalue weighted by molar-refractivity contribution is -0.483. The van der Waals surface area contributed by atoms with Gasteiger partial charge in [-0.25, -0.2) is 0 Å². The van der Waals surface area contributed by atoms with Crippen LogP contribution in [0.3, 0.4) is 0 Å². The molecule has 1 aromatic carbocycles. The molecule has 6 heteroatoms. The molecule has 18 heavy (non-hydrogen) atoms. The number of halogens is 2. The van der Waals surface area contributed by atoms with E-state index in [0.29, 0.717) is 11.2 Å². The van der Waals surface area contributed by atoms with Gasteiger partial charge in [-0.05, 0) is 44.0 Å². The van der Waals surface area contributed by atoms with Crippen LogP contribution in [0.25, 0.3) is 16.6 Å². The van der Waals surface area contributed by atoms with Gasteiger partial charge in [-0.3, -0.25) is 4.79 Å². The van der Waals surface area contributed by atoms with E-state index in [0.717, 1.165) is 20.0 Å². The summed E-state index contributed by atoms with van der Waals surface area (Å²) in [5.41, 5.74) is 8.58. The van der Waals surface area contributed by atoms with Gasteiger partial charge in [0.25, 0.3) is 11.0 Å². The van der Waals surface area contributed by atoms with E-state index >= 15 is 0 Å². The van der Waals surface area contributed by atoms with Crippen molar-refractivity contribution in [3.8, 4) is 0 Å². The van der Waals surface area contributed by atoms with Crippen LogP contribution in [0.5, 0.6) is 0 Å². The molecule has 0 aliphatic heterocycles. The average Bonchev–Trinajstić information content (AvgIpc) is 2.36. The highest BCUT2D eigenvalue weighted by molar-refractivity contribution is 9.11. The average molecular weight is 370 g/mol. The molecule has 0 saturated carbocycles. The SMILES string of the molecule is Nc1c(Br)cc2[nH]c(=O)c3cccc[n+]3c2c1Br. The zero-order chi connectivity index (χ0) is 12.9. The Balaban J connectivity index is 2.70. The molecule has 3 aromatic rings. The summed E-state index contributed by atoms with van der Waals surface area (Å²) in [4.78, 5) is 14.8. The number of anilines is 1. The number of nitrogen functional groups attached to an aromatic ring is 1. The molecular formula is C12H8Br2N3O+. The first-order valence-corrected chi connectivity index (χ1v) is 6.78. The predicted octanol–water partition coefficient (Wildman–Crippen LogP) is 2.37. The number of aromatic nitrogens is 2. The van der Waals surface area contributed by atoms with Crippen molar-refractivity contribution >= 4 is 54.1 Å². The van der Waals surface area contributed by atoms with Gasteiger partial charge in [0, 0.05) is 16.6 Å². The second-order valence-electron chi connectivity index (χ2n) is 3.89. The summed E-state index contributed by atoms with van der Waals surface area (Å²) in [5.74, 6) is 0. The summed E-state index contributed by atoms with van der Waals surface area (Å²) in [6.45, 7) is 0. The van der Waals surface area contributed by atoms with Gasteiger partial charge in [0.1, 0.15) is 9.99 Å². The fourth-order valence-electron chi connectivity index (χ4n) is 1.96. The number of fused-ring (bicyclic) bond motifs is 3. The van der Waals surface area contributed by atoms with Gasteiger partial charge in [0.2, 0.25) is 0 Å². The van der Waals surface area contributed by atoms with Gasteiger partial charge in [-0.2, -0.15) is 4.40 Å². The van der Waals surface area contributed by atoms with Crippen LogP contribution in [0.2, 0.25) is 0 Å². The lowest BCUT2D eigenvalue weighted by Crippen LogP contribution is -2.31. The first-order valence-electron chi connectivity index (χ1n) is 5.19. The summed E-state index contributed by atoms with van der Waals surface area (Å²) in [6.07, 6.45) is 1.84. The zero-order valence-electron chi connectivity index (χ0n) is 9.08. The second-order valence-corrected chi connectivity index (χ2v) is 5.54. The number of benzene rings is 1. The number of rotatable bonds is 0. The molecule has 0 unspecified atom stereocenters. The Hall–Kier alpha value is -1.40. The summed E-state index contributed by atoms with van der Waals surface area (Å²) >= 11 is 6.85. The molecule has 0 aliphatic rings. The molecule has 0 bridgehead atoms. The van der Waals surface area contributed by atoms with Gasteiger partial charge in [0.15, 0.2) is 6.20 Å². The minimum absolute atomic E-state index is 0.133. The van der Waals surface area contributed by atoms with Crippen molar-refractivity contribution in [1.82, 2.24) is 4.98 Å². The van der Waals surface area contributed by atoms with Crippen LogP contribution >= 0.6 is 31.9 Å². The quantitative estimate of drug-likeness (QED) is 0.363. The number of nitrogens with two attached hydrogens (primary N) is 1. The van der Waals surface area contributed by atoms with E-state index in [1.165, 1.54) is 0 Å². The molecular weight excluding hydrogens is 362 g/mol. The highest BCUT2D eigenvalue weighted by Crippen LogP contribution is 2.32. The number of aromatic amines is 1. The number of hydrogen-bond acceptors (Lipinski definition) is 2. The van der Waals surface area contributed by atoms with Gasteiger partial charge < -0.3 is 10.7 Å². The van der Waals surface area contributed by atoms with Gasteiger partial charge in [-0.15, -0.1) is 0 Å². The lowest BCUT2D eigenvalue weighted by atomic mass is 10.2. The maximum atomic E-state index is 12.0. The smallest absolute Gasteiger partial charge is 0.321 e. The minimum atomic E-state index is -0.133. The number of nitrogens with zero attached hydrogens (tertiary/aromatic N) is 1. The van der Waals surface area contributed by atoms with Crippen LogP contribution < -0.4 is 15.7 Å². The summed E-state index contributed by atoms with van der Waals surface area (Å²) < 4.78 is 3.32. The predicted molar refractivity (Wildman–Crippen MR) is 77.5 cm³/mol. The van der Waals surface area contributed by atoms with Crippen molar-refractivity contribution in [2.24, 2.45) is 0 Å². The third-order valence-electron chi connectivity index (χ3n) is 2.81. The molecule has 4 nitrogen and oxygen atoms in total. The zero-order valence-corrected chi connectivity index (χ0v) is 12.2. The number of nitrogens with one attached hydrogen (secondary N) is 1. The Morgan fingerprint density at radius 2 is 2.06 bits per heavy atom. The summed E-state index contributed by atoms with van der Waals surface area (Å²) in [7, 11) is 0. The van der Waals surface area contributed by atoms with Crippen molar-refractivity contribution in [3.63, 3.8) is 0 Å². The Bertz CT molecular complexity index is 842. The number of pyridine rings is 1. The van der Waals surface area contributed by atoms with E-state index in [2.05, 4.69) is 36.8 Å². The summed E-state index contributed by atoms with van der Waals surface area (Å²) in [6, 6.07) is 7.27. The normalized spacial score (nSPS) is 11.2. The molecule has 0 aliphatic carbocycles. The molecule has 0 saturated heterocycles. The fourth-order valence-corrected chi connectivity index (χ4v) is 3.28. The molecule has 0 atom stereocenters. The van der Waals surface area contributed by atoms with Gasteiger partial charge >= 0.3 is 5.56 Å². The van der Waals surface area contributed by atoms with Crippen molar-refractivity contribution in [3.05, 3.63) is 49.8 Å². The Labute approximate surface area is 119 Å². The summed E-state index contributed by atoms with van der Waals surface area (Å²) in [5, 5.41) is 0. The third-order valence-corrected chi connectivity index (χ3v) is 4.27. The fraction of sp³-hybridized carbons (Fsp3) is 0. The van der Waals surface area contributed by atoms with Crippen LogP contribution in [-0.2, 0) is 0 Å². The Kier molecular flexibility index (Phi) is 2.64. The first kappa shape index (κ1) is 11.7. The first-order chi connectivity index (χ1) is 8.59. The largest absolute Gasteiger partial charge is 0.397 e. The Morgan fingerprint density at radius 1 is 1.28 bits per heavy atom. The van der Waals surface area contributed by atoms with Crippen LogP contribution in [0, 0.1) is 0 Å². The third kappa shape index (κ3) is 1.56. The molecule has 3 N–H and O–H groups in total. The van der Waals surface area contributed by atoms with E-state index in [-0.39, 0.29) is 5.56 Å². The van der Waals surface area contributed by atoms with Gasteiger partial charge in [0.05, 0.1) is 5.69 Å². The standard InChI is InChI=1S/C12H7Br2N3O/c13-6-5-7-11(9(14)10(6)15)17-4-2-1-3-8(17)12(18)16-7/h1-5,15,18H/p+1. The molecule has 90 valence electrons. The van der Waals surface area contributed by atoms with Gasteiger partial charge in [-0.1, -0.05) is 0 Å². The monoisotopic (exact) mass is 368 g/mol. The van der Waals surface area contributed by atoms with Crippen molar-refractivity contribution in [1.29, 1.82) is 0 Å². The molecule has 0 amide bonds. The molecule has 0 radical (unpaired) electrons. The highest BCUT2D eigenvalue weighted by Gasteiger charge is 2.19. The minimum Gasteiger partial charge on any atom is -0.397 e. The van der Waals surface area contributed by atoms with Crippen molar-refractivity contribution in [2.75, 3.05) is 5.73 Å². The maximum absolute atomic E-state index is 12.0. The van der Waals surface area contributed by atoms with Crippen LogP contribution in [0.4, 0.5) is 5.69 Å². The van der Waals surface area contributed by atoms with E-state index in [1.54, 1.807) is 12.1 Å². The van der Waals surface area contributed by atoms with Crippen LogP contribution in [-0.4, -0.2) is 4.98 Å². The van der Waals surface area contributed by atoms with Crippen LogP contribution in [0.1, 0.15) is 0 Å². The lowest BCUT2D eigenvalue weighted by Gasteiger charge is -2.04.